The van der Waals surface area contributed by atoms with E-state index in [1.54, 1.807) is 12.5 Å². The zero-order valence-electron chi connectivity index (χ0n) is 10.2. The van der Waals surface area contributed by atoms with Crippen LogP contribution in [0.15, 0.2) is 31.1 Å². The molecule has 0 aromatic carbocycles. The molecule has 0 spiro atoms. The van der Waals surface area contributed by atoms with Crippen LogP contribution < -0.4 is 5.32 Å². The minimum Gasteiger partial charge on any atom is -0.336 e. The normalized spacial score (nSPS) is 12.6. The fourth-order valence-corrected chi connectivity index (χ4v) is 1.76. The van der Waals surface area contributed by atoms with E-state index in [1.807, 2.05) is 30.2 Å². The van der Waals surface area contributed by atoms with Gasteiger partial charge in [-0.15, -0.1) is 0 Å². The fourth-order valence-electron chi connectivity index (χ4n) is 1.76. The lowest BCUT2D eigenvalue weighted by atomic mass is 10.1. The monoisotopic (exact) mass is 231 g/mol. The van der Waals surface area contributed by atoms with Crippen molar-refractivity contribution in [2.24, 2.45) is 7.05 Å². The summed E-state index contributed by atoms with van der Waals surface area (Å²) in [7, 11) is 1.99. The smallest absolute Gasteiger partial charge is 0.130 e. The van der Waals surface area contributed by atoms with Crippen LogP contribution in [-0.4, -0.2) is 26.1 Å². The second-order valence-electron chi connectivity index (χ2n) is 3.96. The molecule has 1 N–H and O–H groups in total. The molecule has 0 saturated carbocycles. The maximum absolute atomic E-state index is 4.39. The van der Waals surface area contributed by atoms with E-state index in [9.17, 15) is 0 Å². The predicted molar refractivity (Wildman–Crippen MR) is 65.4 cm³/mol. The molecule has 5 heteroatoms. The van der Waals surface area contributed by atoms with E-state index in [0.29, 0.717) is 0 Å². The maximum Gasteiger partial charge on any atom is 0.130 e. The summed E-state index contributed by atoms with van der Waals surface area (Å²) in [6.45, 7) is 3.08. The van der Waals surface area contributed by atoms with Gasteiger partial charge in [0.2, 0.25) is 0 Å². The lowest BCUT2D eigenvalue weighted by molar-refractivity contribution is 0.552. The fraction of sp³-hybridized carbons (Fsp3) is 0.417. The van der Waals surface area contributed by atoms with E-state index in [4.69, 9.17) is 0 Å². The highest BCUT2D eigenvalue weighted by atomic mass is 15.1. The van der Waals surface area contributed by atoms with Crippen molar-refractivity contribution >= 4 is 0 Å². The highest BCUT2D eigenvalue weighted by Crippen LogP contribution is 2.18. The van der Waals surface area contributed by atoms with Crippen LogP contribution in [0.25, 0.3) is 0 Å². The molecule has 2 rings (SSSR count). The van der Waals surface area contributed by atoms with Crippen molar-refractivity contribution in [3.8, 4) is 0 Å². The van der Waals surface area contributed by atoms with Gasteiger partial charge in [0, 0.05) is 37.4 Å². The number of nitrogens with one attached hydrogen (secondary N) is 1. The summed E-state index contributed by atoms with van der Waals surface area (Å²) in [4.78, 5) is 12.5. The lowest BCUT2D eigenvalue weighted by Gasteiger charge is -2.17. The highest BCUT2D eigenvalue weighted by molar-refractivity contribution is 5.19. The van der Waals surface area contributed by atoms with Crippen LogP contribution in [0.5, 0.6) is 0 Å². The molecule has 17 heavy (non-hydrogen) atoms. The van der Waals surface area contributed by atoms with Gasteiger partial charge in [-0.05, 0) is 13.0 Å². The number of rotatable bonds is 5. The molecule has 0 aliphatic carbocycles. The summed E-state index contributed by atoms with van der Waals surface area (Å²) >= 11 is 0. The highest BCUT2D eigenvalue weighted by Gasteiger charge is 2.17. The number of hydrogen-bond donors (Lipinski definition) is 1. The van der Waals surface area contributed by atoms with Gasteiger partial charge >= 0.3 is 0 Å². The Labute approximate surface area is 101 Å². The lowest BCUT2D eigenvalue weighted by Crippen LogP contribution is -2.26. The second kappa shape index (κ2) is 5.54. The first-order valence-electron chi connectivity index (χ1n) is 5.78. The van der Waals surface area contributed by atoms with Crippen LogP contribution >= 0.6 is 0 Å². The van der Waals surface area contributed by atoms with Crippen LogP contribution in [0.3, 0.4) is 0 Å². The number of aromatic nitrogens is 4. The van der Waals surface area contributed by atoms with E-state index in [2.05, 4.69) is 27.2 Å². The number of hydrogen-bond acceptors (Lipinski definition) is 4. The Balaban J connectivity index is 2.29. The predicted octanol–water partition coefficient (Wildman–Crippen LogP) is 1.30. The summed E-state index contributed by atoms with van der Waals surface area (Å²) in [5, 5.41) is 3.47. The van der Waals surface area contributed by atoms with E-state index in [0.717, 1.165) is 24.4 Å². The van der Waals surface area contributed by atoms with E-state index >= 15 is 0 Å². The molecular formula is C12H17N5. The summed E-state index contributed by atoms with van der Waals surface area (Å²) in [6.07, 6.45) is 10.0. The zero-order chi connectivity index (χ0) is 12.1. The molecule has 1 atom stereocenters. The minimum absolute atomic E-state index is 0.0520. The first-order valence-corrected chi connectivity index (χ1v) is 5.78. The first kappa shape index (κ1) is 11.7. The average Bonchev–Trinajstić information content (AvgIpc) is 2.78. The Morgan fingerprint density at radius 3 is 2.71 bits per heavy atom. The van der Waals surface area contributed by atoms with Crippen molar-refractivity contribution in [2.75, 3.05) is 6.54 Å². The Morgan fingerprint density at radius 1 is 1.35 bits per heavy atom. The number of imidazole rings is 1. The molecule has 0 saturated heterocycles. The molecule has 1 unspecified atom stereocenters. The largest absolute Gasteiger partial charge is 0.336 e. The van der Waals surface area contributed by atoms with E-state index < -0.39 is 0 Å². The molecule has 2 aromatic heterocycles. The van der Waals surface area contributed by atoms with Gasteiger partial charge in [-0.3, -0.25) is 0 Å². The van der Waals surface area contributed by atoms with Gasteiger partial charge in [0.15, 0.2) is 0 Å². The van der Waals surface area contributed by atoms with Crippen molar-refractivity contribution in [1.29, 1.82) is 0 Å². The maximum atomic E-state index is 4.39. The summed E-state index contributed by atoms with van der Waals surface area (Å²) in [5.74, 6) is 0.980. The number of aryl methyl sites for hydroxylation is 1. The average molecular weight is 231 g/mol. The van der Waals surface area contributed by atoms with Crippen LogP contribution in [-0.2, 0) is 7.05 Å². The SMILES string of the molecule is CCCNC(c1cncnc1)c1nccn1C. The molecular weight excluding hydrogens is 214 g/mol. The van der Waals surface area contributed by atoms with Gasteiger partial charge in [-0.2, -0.15) is 0 Å². The van der Waals surface area contributed by atoms with Gasteiger partial charge in [-0.25, -0.2) is 15.0 Å². The standard InChI is InChI=1S/C12H17N5/c1-3-4-15-11(10-7-13-9-14-8-10)12-16-5-6-17(12)2/h5-9,11,15H,3-4H2,1-2H3. The Kier molecular flexibility index (Phi) is 3.82. The van der Waals surface area contributed by atoms with Crippen molar-refractivity contribution in [2.45, 2.75) is 19.4 Å². The summed E-state index contributed by atoms with van der Waals surface area (Å²) in [5.41, 5.74) is 1.04. The zero-order valence-corrected chi connectivity index (χ0v) is 10.2. The second-order valence-corrected chi connectivity index (χ2v) is 3.96. The van der Waals surface area contributed by atoms with Crippen molar-refractivity contribution < 1.29 is 0 Å². The van der Waals surface area contributed by atoms with Crippen molar-refractivity contribution in [3.05, 3.63) is 42.5 Å². The van der Waals surface area contributed by atoms with Crippen LogP contribution in [0.1, 0.15) is 30.8 Å². The molecule has 0 radical (unpaired) electrons. The molecule has 90 valence electrons. The Hall–Kier alpha value is -1.75. The van der Waals surface area contributed by atoms with Crippen LogP contribution in [0.2, 0.25) is 0 Å². The molecule has 0 aliphatic rings. The third-order valence-electron chi connectivity index (χ3n) is 2.63. The van der Waals surface area contributed by atoms with Gasteiger partial charge in [0.1, 0.15) is 12.2 Å². The van der Waals surface area contributed by atoms with Crippen molar-refractivity contribution in [1.82, 2.24) is 24.8 Å². The van der Waals surface area contributed by atoms with Gasteiger partial charge in [0.25, 0.3) is 0 Å². The van der Waals surface area contributed by atoms with E-state index in [1.165, 1.54) is 0 Å². The van der Waals surface area contributed by atoms with Crippen LogP contribution in [0.4, 0.5) is 0 Å². The molecule has 5 nitrogen and oxygen atoms in total. The van der Waals surface area contributed by atoms with Gasteiger partial charge in [0.05, 0.1) is 6.04 Å². The molecule has 0 amide bonds. The molecule has 0 bridgehead atoms. The topological polar surface area (TPSA) is 55.6 Å². The molecule has 2 heterocycles. The Morgan fingerprint density at radius 2 is 2.12 bits per heavy atom. The van der Waals surface area contributed by atoms with Gasteiger partial charge in [-0.1, -0.05) is 6.92 Å². The Bertz CT molecular complexity index is 451. The minimum atomic E-state index is 0.0520. The molecule has 2 aromatic rings. The summed E-state index contributed by atoms with van der Waals surface area (Å²) < 4.78 is 2.01. The van der Waals surface area contributed by atoms with Gasteiger partial charge < -0.3 is 9.88 Å². The quantitative estimate of drug-likeness (QED) is 0.842. The molecule has 0 aliphatic heterocycles. The van der Waals surface area contributed by atoms with Crippen LogP contribution in [0, 0.1) is 0 Å². The third kappa shape index (κ3) is 2.68. The summed E-state index contributed by atoms with van der Waals surface area (Å²) in [6, 6.07) is 0.0520. The first-order chi connectivity index (χ1) is 8.33. The third-order valence-corrected chi connectivity index (χ3v) is 2.63. The van der Waals surface area contributed by atoms with Crippen molar-refractivity contribution in [3.63, 3.8) is 0 Å². The van der Waals surface area contributed by atoms with E-state index in [-0.39, 0.29) is 6.04 Å². The number of nitrogens with zero attached hydrogens (tertiary/aromatic N) is 4. The molecule has 0 fully saturated rings.